The van der Waals surface area contributed by atoms with E-state index in [1.165, 1.54) is 18.2 Å². The Labute approximate surface area is 877 Å². The minimum absolute atomic E-state index is 0.288. The van der Waals surface area contributed by atoms with Crippen molar-refractivity contribution in [2.45, 2.75) is 40.0 Å². The Hall–Kier alpha value is -30.2. The summed E-state index contributed by atoms with van der Waals surface area (Å²) < 4.78 is 17.6. The van der Waals surface area contributed by atoms with Crippen molar-refractivity contribution < 1.29 is 13.9 Å². The van der Waals surface area contributed by atoms with Crippen molar-refractivity contribution in [3.8, 4) is 770 Å². The van der Waals surface area contributed by atoms with Crippen LogP contribution < -0.4 is 0 Å². The second-order valence-corrected chi connectivity index (χ2v) is 20.3. The average Bonchev–Trinajstić information content (AvgIpc) is 0.922. The van der Waals surface area contributed by atoms with Gasteiger partial charge in [0.1, 0.15) is 5.82 Å². The van der Waals surface area contributed by atoms with Crippen molar-refractivity contribution in [1.29, 1.82) is 0 Å². The maximum atomic E-state index is 12.6. The van der Waals surface area contributed by atoms with E-state index in [4.69, 9.17) is 4.74 Å². The second kappa shape index (κ2) is 112. The van der Waals surface area contributed by atoms with Crippen molar-refractivity contribution in [3.63, 3.8) is 0 Å². The third kappa shape index (κ3) is 110. The number of unbranched alkanes of at least 4 members (excludes halogenated alkanes) is 2. The lowest BCUT2D eigenvalue weighted by molar-refractivity contribution is -0.137. The Morgan fingerprint density at radius 3 is 0.369 bits per heavy atom. The summed E-state index contributed by atoms with van der Waals surface area (Å²) in [6.07, 6.45) is 6.03. The van der Waals surface area contributed by atoms with Crippen molar-refractivity contribution in [3.05, 3.63) is 41.7 Å². The molecule has 1 aromatic rings. The normalized spacial score (nSPS) is 4.75. The van der Waals surface area contributed by atoms with Gasteiger partial charge in [-0.15, -0.1) is 0 Å². The molecule has 0 amide bonds. The quantitative estimate of drug-likeness (QED) is 0.177. The Kier molecular flexibility index (Phi) is 89.2. The van der Waals surface area contributed by atoms with Crippen molar-refractivity contribution >= 4 is 12.0 Å². The van der Waals surface area contributed by atoms with Crippen LogP contribution in [-0.2, 0) is 9.53 Å². The van der Waals surface area contributed by atoms with E-state index >= 15 is 0 Å². The number of benzene rings is 1. The van der Waals surface area contributed by atoms with Gasteiger partial charge in [0.25, 0.3) is 0 Å². The van der Waals surface area contributed by atoms with Gasteiger partial charge in [-0.05, 0) is 139 Å². The van der Waals surface area contributed by atoms with Crippen LogP contribution in [0, 0.1) is 775 Å². The first-order chi connectivity index (χ1) is 74.1. The summed E-state index contributed by atoms with van der Waals surface area (Å²) in [4.78, 5) is 11.3. The molecule has 3 heteroatoms. The van der Waals surface area contributed by atoms with Crippen molar-refractivity contribution in [1.82, 2.24) is 0 Å². The fourth-order valence-electron chi connectivity index (χ4n) is 5.37. The molecule has 0 saturated heterocycles. The number of halogens is 1. The fourth-order valence-corrected chi connectivity index (χ4v) is 5.37. The number of esters is 1. The van der Waals surface area contributed by atoms with Gasteiger partial charge in [0.15, 0.2) is 0 Å². The Balaban J connectivity index is 0.0000116. The zero-order valence-corrected chi connectivity index (χ0v) is 77.0. The number of carbonyl (C=O) groups is 1. The molecule has 0 aliphatic heterocycles. The summed E-state index contributed by atoms with van der Waals surface area (Å²) in [6, 6.07) is 5.92. The highest BCUT2D eigenvalue weighted by atomic mass is 19.1. The number of rotatable bonds is 6. The van der Waals surface area contributed by atoms with Crippen LogP contribution >= 0.6 is 0 Å². The fraction of sp³-hybridized carbons (Fsp3) is 0.0479. The van der Waals surface area contributed by atoms with Gasteiger partial charge in [-0.3, -0.25) is 0 Å². The minimum atomic E-state index is -0.356. The van der Waals surface area contributed by atoms with Gasteiger partial charge in [0.2, 0.25) is 0 Å². The van der Waals surface area contributed by atoms with Gasteiger partial charge in [-0.25, -0.2) is 9.18 Å². The molecule has 0 N–H and O–H groups in total. The summed E-state index contributed by atoms with van der Waals surface area (Å²) in [5.74, 6) is 325. The predicted octanol–water partition coefficient (Wildman–Crippen LogP) is 4.82. The molecule has 0 fully saturated rings. The van der Waals surface area contributed by atoms with E-state index in [-0.39, 0.29) is 11.8 Å². The van der Waals surface area contributed by atoms with Crippen LogP contribution in [0.25, 0.3) is 6.08 Å². The van der Waals surface area contributed by atoms with Crippen LogP contribution in [0.1, 0.15) is 45.6 Å². The Morgan fingerprint density at radius 1 is 0.174 bits per heavy atom. The third-order valence-corrected chi connectivity index (χ3v) is 10.5. The Bertz CT molecular complexity index is 9490. The molecule has 149 heavy (non-hydrogen) atoms. The van der Waals surface area contributed by atoms with Crippen LogP contribution in [0.2, 0.25) is 0 Å². The van der Waals surface area contributed by atoms with E-state index in [9.17, 15) is 9.18 Å². The molecule has 0 spiro atoms. The van der Waals surface area contributed by atoms with Crippen LogP contribution in [0.3, 0.4) is 0 Å². The molecule has 1 rings (SSSR count). The molecule has 1 aromatic carbocycles. The molecule has 2 nitrogen and oxygen atoms in total. The zero-order valence-electron chi connectivity index (χ0n) is 77.0. The number of hydrogen-bond acceptors (Lipinski definition) is 2. The summed E-state index contributed by atoms with van der Waals surface area (Å²) in [7, 11) is 0. The largest absolute Gasteiger partial charge is 0.463 e. The maximum Gasteiger partial charge on any atom is 0.330 e. The van der Waals surface area contributed by atoms with Gasteiger partial charge in [0, 0.05) is 669 Å². The molecule has 626 valence electrons. The number of ether oxygens (including phenoxy) is 1. The maximum absolute atomic E-state index is 12.6. The van der Waals surface area contributed by atoms with Crippen LogP contribution in [-0.4, -0.2) is 12.6 Å². The molecule has 0 unspecified atom stereocenters. The van der Waals surface area contributed by atoms with E-state index in [1.807, 2.05) is 0 Å². The predicted molar refractivity (Wildman–Crippen MR) is 583 cm³/mol. The van der Waals surface area contributed by atoms with Crippen LogP contribution in [0.4, 0.5) is 4.39 Å². The molecule has 0 heterocycles. The lowest BCUT2D eigenvalue weighted by atomic mass is 10.2. The summed E-state index contributed by atoms with van der Waals surface area (Å²) in [6.45, 7) is 5.91. The van der Waals surface area contributed by atoms with Gasteiger partial charge >= 0.3 is 5.97 Å². The van der Waals surface area contributed by atoms with Crippen LogP contribution in [0.15, 0.2) is 30.3 Å². The molecule has 0 radical (unpaired) electrons. The molecular weight excluding hydrogens is 1800 g/mol. The van der Waals surface area contributed by atoms with Crippen LogP contribution in [0.5, 0.6) is 0 Å². The van der Waals surface area contributed by atoms with Crippen molar-refractivity contribution in [2.24, 2.45) is 0 Å². The lowest BCUT2D eigenvalue weighted by Crippen LogP contribution is -2.01. The van der Waals surface area contributed by atoms with E-state index in [0.717, 1.165) is 24.8 Å². The van der Waals surface area contributed by atoms with E-state index in [1.54, 1.807) is 32.1 Å². The lowest BCUT2D eigenvalue weighted by Gasteiger charge is -2.00. The molecule has 0 bridgehead atoms. The topological polar surface area (TPSA) is 26.3 Å². The van der Waals surface area contributed by atoms with E-state index < -0.39 is 0 Å². The minimum Gasteiger partial charge on any atom is -0.463 e. The summed E-state index contributed by atoms with van der Waals surface area (Å²) >= 11 is 0. The highest BCUT2D eigenvalue weighted by Crippen LogP contribution is 2.05. The van der Waals surface area contributed by atoms with E-state index in [2.05, 4.69) is 777 Å². The summed E-state index contributed by atoms with van der Waals surface area (Å²) in [5.41, 5.74) is 0.775. The zero-order chi connectivity index (χ0) is 106. The number of carbonyl (C=O) groups excluding carboxylic acids is 1. The second-order valence-electron chi connectivity index (χ2n) is 20.3. The average molecular weight is 1830 g/mol. The number of hydrogen-bond donors (Lipinski definition) is 0. The SMILES string of the molecule is CC#CC#CC#CC#CC#CC#CC#CC#CC#CC#CC#CC#CC#CC#CC#CC#CC#CC#CC#CC#CC#CC#CC#CC#CC#CC#CC#CC#CC#CC#CC#CC#CC#CC#CC#CC#CC#CC#CC#CC#CC#CC#CC#CC#CC#CC#CC#CC#CC#CC#CC#CC#CC#CC#CC#CC#CC#CC#CC#CC#CC#CC#CC#CC#CC#CC.CCCCCOC(=O)/C=C/c1ccc(F)cc1. The summed E-state index contributed by atoms with van der Waals surface area (Å²) in [5, 5.41) is 0. The third-order valence-electron chi connectivity index (χ3n) is 10.5. The van der Waals surface area contributed by atoms with Gasteiger partial charge < -0.3 is 4.74 Å². The molecule has 0 atom stereocenters. The highest BCUT2D eigenvalue weighted by molar-refractivity contribution is 5.87. The first-order valence-corrected chi connectivity index (χ1v) is 39.1. The Morgan fingerprint density at radius 2 is 0.275 bits per heavy atom. The smallest absolute Gasteiger partial charge is 0.330 e. The van der Waals surface area contributed by atoms with Gasteiger partial charge in [0.05, 0.1) is 6.61 Å². The van der Waals surface area contributed by atoms with Crippen molar-refractivity contribution in [2.75, 3.05) is 6.61 Å². The monoisotopic (exact) mass is 1830 g/mol. The van der Waals surface area contributed by atoms with E-state index in [0.29, 0.717) is 6.61 Å². The highest BCUT2D eigenvalue weighted by Gasteiger charge is 1.97. The van der Waals surface area contributed by atoms with Gasteiger partial charge in [-0.2, -0.15) is 0 Å². The molecule has 0 aromatic heterocycles. The molecule has 0 aliphatic rings. The first-order valence-electron chi connectivity index (χ1n) is 39.1. The first kappa shape index (κ1) is 119. The van der Waals surface area contributed by atoms with Gasteiger partial charge in [-0.1, -0.05) is 43.7 Å². The molecular formula is C146H23FO2. The molecule has 0 saturated carbocycles. The molecule has 0 aliphatic carbocycles. The standard InChI is InChI=1S/C132H6.C14H17FO2/c1-3-5-7-9-11-13-15-17-19-21-23-25-27-29-31-33-35-37-39-41-43-45-47-49-51-53-55-57-59-61-63-65-67-69-71-73-75-77-79-81-83-85-87-89-91-93-95-97-99-101-103-105-107-109-111-113-115-117-119-121-123-125-127-129-131-132-130-128-126-124-122-120-118-116-114-112-110-108-106-104-102-100-98-96-94-92-90-88-86-84-82-80-78-76-74-72-70-68-66-64-62-60-58-56-54-52-50-48-46-44-42-40-38-36-34-32-30-28-26-24-22-20-18-16-14-12-10-8-6-4-2;1-2-3-4-11-17-14(16)10-7-12-5-8-13(15)9-6-12/h1-2H3;5-10H,2-4,11H2,1H3/b;10-7+.